The average molecular weight is 282 g/mol. The maximum Gasteiger partial charge on any atom is 0.191 e. The third-order valence-electron chi connectivity index (χ3n) is 4.80. The second-order valence-corrected chi connectivity index (χ2v) is 6.48. The molecule has 0 aliphatic carbocycles. The molecule has 1 aliphatic rings. The second-order valence-electron chi connectivity index (χ2n) is 6.48. The molecule has 0 aromatic heterocycles. The molecule has 1 atom stereocenters. The highest BCUT2D eigenvalue weighted by Gasteiger charge is 2.21. The van der Waals surface area contributed by atoms with Crippen LogP contribution in [-0.2, 0) is 0 Å². The van der Waals surface area contributed by atoms with E-state index in [9.17, 15) is 0 Å². The van der Waals surface area contributed by atoms with Crippen molar-refractivity contribution in [2.75, 3.05) is 33.7 Å². The van der Waals surface area contributed by atoms with Crippen LogP contribution in [0.1, 0.15) is 46.5 Å². The van der Waals surface area contributed by atoms with Gasteiger partial charge in [0, 0.05) is 19.1 Å². The molecule has 4 heteroatoms. The van der Waals surface area contributed by atoms with Crippen LogP contribution in [0.15, 0.2) is 4.99 Å². The van der Waals surface area contributed by atoms with Gasteiger partial charge in [-0.3, -0.25) is 4.99 Å². The summed E-state index contributed by atoms with van der Waals surface area (Å²) in [6, 6.07) is 0.493. The van der Waals surface area contributed by atoms with Gasteiger partial charge >= 0.3 is 0 Å². The molecule has 0 spiro atoms. The lowest BCUT2D eigenvalue weighted by Crippen LogP contribution is -2.44. The Bertz CT molecular complexity index is 289. The molecule has 1 aliphatic heterocycles. The van der Waals surface area contributed by atoms with E-state index in [0.717, 1.165) is 31.5 Å². The summed E-state index contributed by atoms with van der Waals surface area (Å²) in [6.07, 6.45) is 4.88. The third kappa shape index (κ3) is 4.97. The zero-order valence-corrected chi connectivity index (χ0v) is 14.1. The van der Waals surface area contributed by atoms with Crippen LogP contribution < -0.4 is 5.73 Å². The van der Waals surface area contributed by atoms with Crippen LogP contribution in [0, 0.1) is 11.8 Å². The Morgan fingerprint density at radius 1 is 1.25 bits per heavy atom. The lowest BCUT2D eigenvalue weighted by Gasteiger charge is -2.33. The number of piperidine rings is 1. The fourth-order valence-electron chi connectivity index (χ4n) is 3.09. The van der Waals surface area contributed by atoms with Crippen LogP contribution in [-0.4, -0.2) is 55.5 Å². The van der Waals surface area contributed by atoms with Gasteiger partial charge in [0.15, 0.2) is 5.96 Å². The van der Waals surface area contributed by atoms with E-state index in [1.165, 1.54) is 25.7 Å². The number of likely N-dealkylation sites (N-methyl/N-ethyl adjacent to an activating group) is 1. The fourth-order valence-corrected chi connectivity index (χ4v) is 3.09. The van der Waals surface area contributed by atoms with Crippen LogP contribution in [0.3, 0.4) is 0 Å². The highest BCUT2D eigenvalue weighted by molar-refractivity contribution is 5.78. The van der Waals surface area contributed by atoms with Gasteiger partial charge < -0.3 is 15.5 Å². The van der Waals surface area contributed by atoms with Gasteiger partial charge in [-0.2, -0.15) is 0 Å². The molecule has 1 rings (SSSR count). The van der Waals surface area contributed by atoms with Crippen molar-refractivity contribution in [3.05, 3.63) is 0 Å². The van der Waals surface area contributed by atoms with Gasteiger partial charge in [-0.1, -0.05) is 33.6 Å². The summed E-state index contributed by atoms with van der Waals surface area (Å²) in [4.78, 5) is 9.24. The predicted octanol–water partition coefficient (Wildman–Crippen LogP) is 2.40. The lowest BCUT2D eigenvalue weighted by atomic mass is 9.93. The molecule has 1 saturated heterocycles. The Balaban J connectivity index is 2.58. The molecule has 0 amide bonds. The molecule has 0 saturated carbocycles. The van der Waals surface area contributed by atoms with Crippen molar-refractivity contribution in [2.24, 2.45) is 22.6 Å². The van der Waals surface area contributed by atoms with Crippen molar-refractivity contribution < 1.29 is 0 Å². The first-order valence-corrected chi connectivity index (χ1v) is 8.20. The highest BCUT2D eigenvalue weighted by Crippen LogP contribution is 2.18. The number of nitrogens with zero attached hydrogens (tertiary/aromatic N) is 3. The SMILES string of the molecule is CCC(CC)C(CN=C(N)N1CCC(C)CC1)N(C)C. The maximum atomic E-state index is 6.18. The van der Waals surface area contributed by atoms with Crippen molar-refractivity contribution in [2.45, 2.75) is 52.5 Å². The summed E-state index contributed by atoms with van der Waals surface area (Å²) in [5.41, 5.74) is 6.18. The molecule has 118 valence electrons. The first-order chi connectivity index (χ1) is 9.49. The summed E-state index contributed by atoms with van der Waals surface area (Å²) < 4.78 is 0. The molecule has 1 fully saturated rings. The first kappa shape index (κ1) is 17.3. The molecule has 0 aromatic carbocycles. The molecule has 20 heavy (non-hydrogen) atoms. The Hall–Kier alpha value is -0.770. The summed E-state index contributed by atoms with van der Waals surface area (Å²) in [5, 5.41) is 0. The summed E-state index contributed by atoms with van der Waals surface area (Å²) in [5.74, 6) is 2.27. The van der Waals surface area contributed by atoms with E-state index in [1.807, 2.05) is 0 Å². The normalized spacial score (nSPS) is 19.9. The zero-order chi connectivity index (χ0) is 15.1. The highest BCUT2D eigenvalue weighted by atomic mass is 15.3. The number of aliphatic imine (C=N–C) groups is 1. The van der Waals surface area contributed by atoms with Crippen molar-refractivity contribution in [3.8, 4) is 0 Å². The van der Waals surface area contributed by atoms with Gasteiger partial charge in [0.1, 0.15) is 0 Å². The smallest absolute Gasteiger partial charge is 0.191 e. The van der Waals surface area contributed by atoms with Crippen molar-refractivity contribution in [3.63, 3.8) is 0 Å². The number of hydrogen-bond acceptors (Lipinski definition) is 2. The van der Waals surface area contributed by atoms with Crippen LogP contribution in [0.2, 0.25) is 0 Å². The number of rotatable bonds is 6. The lowest BCUT2D eigenvalue weighted by molar-refractivity contribution is 0.205. The minimum atomic E-state index is 0.493. The molecule has 0 radical (unpaired) electrons. The predicted molar refractivity (Wildman–Crippen MR) is 88.0 cm³/mol. The van der Waals surface area contributed by atoms with E-state index in [4.69, 9.17) is 5.73 Å². The number of likely N-dealkylation sites (tertiary alicyclic amines) is 1. The number of guanidine groups is 1. The first-order valence-electron chi connectivity index (χ1n) is 8.20. The largest absolute Gasteiger partial charge is 0.370 e. The standard InChI is InChI=1S/C16H34N4/c1-6-14(7-2)15(19(4)5)12-18-16(17)20-10-8-13(3)9-11-20/h13-15H,6-12H2,1-5H3,(H2,17,18). The Kier molecular flexibility index (Phi) is 7.35. The molecule has 4 nitrogen and oxygen atoms in total. The van der Waals surface area contributed by atoms with Gasteiger partial charge in [-0.15, -0.1) is 0 Å². The molecule has 1 unspecified atom stereocenters. The topological polar surface area (TPSA) is 44.9 Å². The maximum absolute atomic E-state index is 6.18. The quantitative estimate of drug-likeness (QED) is 0.601. The molecular weight excluding hydrogens is 248 g/mol. The molecule has 2 N–H and O–H groups in total. The van der Waals surface area contributed by atoms with Gasteiger partial charge in [0.25, 0.3) is 0 Å². The second kappa shape index (κ2) is 8.50. The summed E-state index contributed by atoms with van der Waals surface area (Å²) in [7, 11) is 4.30. The monoisotopic (exact) mass is 282 g/mol. The van der Waals surface area contributed by atoms with Crippen LogP contribution in [0.4, 0.5) is 0 Å². The molecular formula is C16H34N4. The van der Waals surface area contributed by atoms with E-state index < -0.39 is 0 Å². The van der Waals surface area contributed by atoms with E-state index >= 15 is 0 Å². The molecule has 1 heterocycles. The van der Waals surface area contributed by atoms with Gasteiger partial charge in [-0.05, 0) is 38.8 Å². The molecule has 0 aromatic rings. The summed E-state index contributed by atoms with van der Waals surface area (Å²) >= 11 is 0. The number of hydrogen-bond donors (Lipinski definition) is 1. The van der Waals surface area contributed by atoms with E-state index in [2.05, 4.69) is 49.7 Å². The summed E-state index contributed by atoms with van der Waals surface area (Å²) in [6.45, 7) is 9.80. The van der Waals surface area contributed by atoms with E-state index in [-0.39, 0.29) is 0 Å². The minimum Gasteiger partial charge on any atom is -0.370 e. The van der Waals surface area contributed by atoms with Crippen LogP contribution in [0.5, 0.6) is 0 Å². The molecule has 0 bridgehead atoms. The van der Waals surface area contributed by atoms with Gasteiger partial charge in [0.05, 0.1) is 6.54 Å². The average Bonchev–Trinajstić information content (AvgIpc) is 2.43. The van der Waals surface area contributed by atoms with E-state index in [1.54, 1.807) is 0 Å². The minimum absolute atomic E-state index is 0.493. The van der Waals surface area contributed by atoms with Crippen molar-refractivity contribution >= 4 is 5.96 Å². The fraction of sp³-hybridized carbons (Fsp3) is 0.938. The van der Waals surface area contributed by atoms with Crippen LogP contribution in [0.25, 0.3) is 0 Å². The Morgan fingerprint density at radius 3 is 2.25 bits per heavy atom. The van der Waals surface area contributed by atoms with Crippen molar-refractivity contribution in [1.82, 2.24) is 9.80 Å². The van der Waals surface area contributed by atoms with Crippen LogP contribution >= 0.6 is 0 Å². The van der Waals surface area contributed by atoms with Gasteiger partial charge in [0.2, 0.25) is 0 Å². The third-order valence-corrected chi connectivity index (χ3v) is 4.80. The number of nitrogens with two attached hydrogens (primary N) is 1. The zero-order valence-electron chi connectivity index (χ0n) is 14.1. The Morgan fingerprint density at radius 2 is 1.80 bits per heavy atom. The van der Waals surface area contributed by atoms with E-state index in [0.29, 0.717) is 12.0 Å². The Labute approximate surface area is 125 Å². The van der Waals surface area contributed by atoms with Gasteiger partial charge in [-0.25, -0.2) is 0 Å². The van der Waals surface area contributed by atoms with Crippen molar-refractivity contribution in [1.29, 1.82) is 0 Å².